The van der Waals surface area contributed by atoms with E-state index in [0.717, 1.165) is 31.6 Å². The lowest BCUT2D eigenvalue weighted by molar-refractivity contribution is 0.301. The van der Waals surface area contributed by atoms with Gasteiger partial charge in [-0.25, -0.2) is 22.8 Å². The van der Waals surface area contributed by atoms with Gasteiger partial charge in [0.15, 0.2) is 9.84 Å². The fourth-order valence-corrected chi connectivity index (χ4v) is 4.57. The number of rotatable bonds is 12. The smallest absolute Gasteiger partial charge is 0.218 e. The summed E-state index contributed by atoms with van der Waals surface area (Å²) in [6, 6.07) is 12.3. The topological polar surface area (TPSA) is 87.2 Å². The van der Waals surface area contributed by atoms with Gasteiger partial charge in [0.05, 0.1) is 0 Å². The number of benzene rings is 2. The van der Waals surface area contributed by atoms with Gasteiger partial charge < -0.3 is 13.7 Å². The van der Waals surface area contributed by atoms with Crippen molar-refractivity contribution in [2.75, 3.05) is 6.26 Å². The SMILES string of the molecule is CS(=O)(=O)Cc1nccn1CCCCc1ccc(OCc2coc(C=Cc3ccc(Cl)cc3F)n2)cc1. The van der Waals surface area contributed by atoms with Crippen molar-refractivity contribution in [1.29, 1.82) is 0 Å². The lowest BCUT2D eigenvalue weighted by atomic mass is 10.1. The number of oxazole rings is 1. The molecule has 7 nitrogen and oxygen atoms in total. The summed E-state index contributed by atoms with van der Waals surface area (Å²) >= 11 is 5.77. The van der Waals surface area contributed by atoms with E-state index >= 15 is 0 Å². The Morgan fingerprint density at radius 2 is 1.95 bits per heavy atom. The summed E-state index contributed by atoms with van der Waals surface area (Å²) in [5.74, 6) is 1.18. The molecule has 37 heavy (non-hydrogen) atoms. The van der Waals surface area contributed by atoms with Crippen LogP contribution in [0.3, 0.4) is 0 Å². The lowest BCUT2D eigenvalue weighted by Crippen LogP contribution is -2.09. The van der Waals surface area contributed by atoms with E-state index in [2.05, 4.69) is 9.97 Å². The predicted molar refractivity (Wildman–Crippen MR) is 141 cm³/mol. The van der Waals surface area contributed by atoms with Crippen LogP contribution in [0, 0.1) is 5.82 Å². The van der Waals surface area contributed by atoms with Crippen LogP contribution in [0.5, 0.6) is 5.75 Å². The van der Waals surface area contributed by atoms with E-state index in [-0.39, 0.29) is 12.4 Å². The zero-order valence-corrected chi connectivity index (χ0v) is 21.9. The number of hydrogen-bond acceptors (Lipinski definition) is 6. The molecule has 0 saturated carbocycles. The number of hydrogen-bond donors (Lipinski definition) is 0. The van der Waals surface area contributed by atoms with E-state index in [9.17, 15) is 12.8 Å². The second kappa shape index (κ2) is 12.2. The van der Waals surface area contributed by atoms with Gasteiger partial charge in [0, 0.05) is 41.9 Å². The van der Waals surface area contributed by atoms with Crippen LogP contribution >= 0.6 is 11.6 Å². The molecule has 0 atom stereocenters. The molecule has 2 aromatic carbocycles. The molecule has 0 amide bonds. The van der Waals surface area contributed by atoms with Gasteiger partial charge in [0.25, 0.3) is 0 Å². The van der Waals surface area contributed by atoms with Crippen molar-refractivity contribution in [3.8, 4) is 5.75 Å². The molecular weight excluding hydrogens is 517 g/mol. The third kappa shape index (κ3) is 8.30. The van der Waals surface area contributed by atoms with Crippen molar-refractivity contribution >= 4 is 33.6 Å². The Bertz CT molecular complexity index is 1460. The van der Waals surface area contributed by atoms with Crippen molar-refractivity contribution in [1.82, 2.24) is 14.5 Å². The van der Waals surface area contributed by atoms with Crippen molar-refractivity contribution in [3.63, 3.8) is 0 Å². The monoisotopic (exact) mass is 543 g/mol. The molecule has 2 heterocycles. The van der Waals surface area contributed by atoms with Crippen LogP contribution in [0.1, 0.15) is 41.4 Å². The number of sulfone groups is 1. The van der Waals surface area contributed by atoms with Crippen LogP contribution in [0.4, 0.5) is 4.39 Å². The van der Waals surface area contributed by atoms with E-state index in [0.29, 0.717) is 28.0 Å². The standard InChI is InChI=1S/C27H27ClFN3O4S/c1-37(33,34)19-26-30-13-15-32(26)14-3-2-4-20-5-10-24(11-6-20)35-17-23-18-36-27(31-23)12-8-21-7-9-22(28)16-25(21)29/h5-13,15-16,18H,2-4,14,17,19H2,1H3. The average Bonchev–Trinajstić information content (AvgIpc) is 3.49. The van der Waals surface area contributed by atoms with Gasteiger partial charge in [-0.1, -0.05) is 29.8 Å². The molecule has 194 valence electrons. The molecule has 0 spiro atoms. The Morgan fingerprint density at radius 3 is 2.70 bits per heavy atom. The third-order valence-corrected chi connectivity index (χ3v) is 6.57. The summed E-state index contributed by atoms with van der Waals surface area (Å²) in [6.45, 7) is 0.974. The van der Waals surface area contributed by atoms with Crippen molar-refractivity contribution < 1.29 is 22.0 Å². The number of aryl methyl sites for hydroxylation is 2. The molecule has 2 aromatic heterocycles. The average molecular weight is 544 g/mol. The van der Waals surface area contributed by atoms with E-state index in [1.807, 2.05) is 35.0 Å². The maximum atomic E-state index is 13.9. The molecule has 0 radical (unpaired) electrons. The van der Waals surface area contributed by atoms with Crippen LogP contribution in [0.15, 0.2) is 65.5 Å². The fraction of sp³-hybridized carbons (Fsp3) is 0.259. The second-order valence-electron chi connectivity index (χ2n) is 8.67. The highest BCUT2D eigenvalue weighted by atomic mass is 35.5. The molecular formula is C27H27ClFN3O4S. The van der Waals surface area contributed by atoms with Gasteiger partial charge >= 0.3 is 0 Å². The van der Waals surface area contributed by atoms with Gasteiger partial charge in [-0.15, -0.1) is 0 Å². The van der Waals surface area contributed by atoms with E-state index < -0.39 is 15.7 Å². The summed E-state index contributed by atoms with van der Waals surface area (Å²) in [6.07, 6.45) is 12.1. The largest absolute Gasteiger partial charge is 0.487 e. The summed E-state index contributed by atoms with van der Waals surface area (Å²) in [4.78, 5) is 8.49. The summed E-state index contributed by atoms with van der Waals surface area (Å²) in [5, 5.41) is 0.339. The fourth-order valence-electron chi connectivity index (χ4n) is 3.70. The number of halogens is 2. The Kier molecular flexibility index (Phi) is 8.78. The Morgan fingerprint density at radius 1 is 1.14 bits per heavy atom. The number of unbranched alkanes of at least 4 members (excludes halogenated alkanes) is 1. The highest BCUT2D eigenvalue weighted by Crippen LogP contribution is 2.19. The summed E-state index contributed by atoms with van der Waals surface area (Å²) in [7, 11) is -3.11. The van der Waals surface area contributed by atoms with Crippen molar-refractivity contribution in [3.05, 3.63) is 100 Å². The minimum atomic E-state index is -3.11. The van der Waals surface area contributed by atoms with Gasteiger partial charge in [0.2, 0.25) is 5.89 Å². The molecule has 4 rings (SSSR count). The van der Waals surface area contributed by atoms with Gasteiger partial charge in [-0.2, -0.15) is 0 Å². The highest BCUT2D eigenvalue weighted by Gasteiger charge is 2.10. The first kappa shape index (κ1) is 26.6. The van der Waals surface area contributed by atoms with E-state index in [4.69, 9.17) is 20.8 Å². The van der Waals surface area contributed by atoms with Crippen LogP contribution in [-0.4, -0.2) is 29.2 Å². The molecule has 0 saturated heterocycles. The molecule has 0 aliphatic heterocycles. The van der Waals surface area contributed by atoms with Crippen LogP contribution < -0.4 is 4.74 Å². The molecule has 10 heteroatoms. The Hall–Kier alpha value is -3.43. The van der Waals surface area contributed by atoms with Gasteiger partial charge in [-0.3, -0.25) is 0 Å². The molecule has 0 fully saturated rings. The molecule has 0 aliphatic rings. The predicted octanol–water partition coefficient (Wildman–Crippen LogP) is 5.98. The van der Waals surface area contributed by atoms with Crippen LogP contribution in [-0.2, 0) is 35.2 Å². The van der Waals surface area contributed by atoms with E-state index in [1.165, 1.54) is 24.1 Å². The zero-order chi connectivity index (χ0) is 26.3. The van der Waals surface area contributed by atoms with Crippen molar-refractivity contribution in [2.24, 2.45) is 0 Å². The summed E-state index contributed by atoms with van der Waals surface area (Å²) < 4.78 is 50.0. The maximum absolute atomic E-state index is 13.9. The first-order valence-corrected chi connectivity index (χ1v) is 14.2. The highest BCUT2D eigenvalue weighted by molar-refractivity contribution is 7.89. The number of ether oxygens (including phenoxy) is 1. The number of nitrogens with zero attached hydrogens (tertiary/aromatic N) is 3. The second-order valence-corrected chi connectivity index (χ2v) is 11.2. The van der Waals surface area contributed by atoms with E-state index in [1.54, 1.807) is 30.5 Å². The zero-order valence-electron chi connectivity index (χ0n) is 20.3. The Labute approximate surface area is 220 Å². The molecule has 4 aromatic rings. The Balaban J connectivity index is 1.20. The normalized spacial score (nSPS) is 11.9. The lowest BCUT2D eigenvalue weighted by Gasteiger charge is -2.08. The molecule has 0 aliphatic carbocycles. The van der Waals surface area contributed by atoms with Crippen LogP contribution in [0.25, 0.3) is 12.2 Å². The quantitative estimate of drug-likeness (QED) is 0.204. The minimum Gasteiger partial charge on any atom is -0.487 e. The van der Waals surface area contributed by atoms with Crippen LogP contribution in [0.2, 0.25) is 5.02 Å². The third-order valence-electron chi connectivity index (χ3n) is 5.56. The van der Waals surface area contributed by atoms with Crippen molar-refractivity contribution in [2.45, 2.75) is 38.2 Å². The van der Waals surface area contributed by atoms with Gasteiger partial charge in [0.1, 0.15) is 41.7 Å². The first-order valence-electron chi connectivity index (χ1n) is 11.7. The molecule has 0 bridgehead atoms. The first-order chi connectivity index (χ1) is 17.7. The summed E-state index contributed by atoms with van der Waals surface area (Å²) in [5.41, 5.74) is 2.20. The van der Waals surface area contributed by atoms with Gasteiger partial charge in [-0.05, 0) is 55.2 Å². The number of imidazole rings is 1. The minimum absolute atomic E-state index is 0.0444. The number of aromatic nitrogens is 3. The molecule has 0 unspecified atom stereocenters. The maximum Gasteiger partial charge on any atom is 0.218 e. The molecule has 0 N–H and O–H groups in total.